The first-order valence-electron chi connectivity index (χ1n) is 13.0. The lowest BCUT2D eigenvalue weighted by Crippen LogP contribution is -2.26. The molecule has 0 aliphatic heterocycles. The van der Waals surface area contributed by atoms with Crippen LogP contribution in [0.1, 0.15) is 50.8 Å². The highest BCUT2D eigenvalue weighted by atomic mass is 19.2. The van der Waals surface area contributed by atoms with Crippen molar-refractivity contribution in [2.24, 2.45) is 0 Å². The summed E-state index contributed by atoms with van der Waals surface area (Å²) < 4.78 is 30.9. The van der Waals surface area contributed by atoms with Gasteiger partial charge in [-0.1, -0.05) is 99.5 Å². The fourth-order valence-electron chi connectivity index (χ4n) is 4.56. The predicted molar refractivity (Wildman–Crippen MR) is 143 cm³/mol. The highest BCUT2D eigenvalue weighted by molar-refractivity contribution is 5.68. The van der Waals surface area contributed by atoms with Crippen molar-refractivity contribution in [2.75, 3.05) is 6.54 Å². The van der Waals surface area contributed by atoms with Crippen molar-refractivity contribution in [1.82, 2.24) is 14.5 Å². The molecule has 0 spiro atoms. The molecule has 0 aliphatic rings. The van der Waals surface area contributed by atoms with Crippen molar-refractivity contribution in [3.8, 4) is 22.6 Å². The second-order valence-electron chi connectivity index (χ2n) is 9.25. The first-order chi connectivity index (χ1) is 17.6. The number of nitrogens with zero attached hydrogens (tertiary/aromatic N) is 3. The summed E-state index contributed by atoms with van der Waals surface area (Å²) in [6, 6.07) is 25.0. The second kappa shape index (κ2) is 12.6. The maximum atomic E-state index is 14.6. The van der Waals surface area contributed by atoms with Crippen LogP contribution in [0, 0.1) is 11.6 Å². The molecule has 0 fully saturated rings. The molecule has 0 saturated carbocycles. The van der Waals surface area contributed by atoms with Crippen LogP contribution in [-0.4, -0.2) is 21.0 Å². The second-order valence-corrected chi connectivity index (χ2v) is 9.25. The van der Waals surface area contributed by atoms with Crippen LogP contribution >= 0.6 is 0 Å². The van der Waals surface area contributed by atoms with E-state index >= 15 is 0 Å². The van der Waals surface area contributed by atoms with Gasteiger partial charge in [0.1, 0.15) is 5.82 Å². The number of benzene rings is 3. The van der Waals surface area contributed by atoms with Crippen molar-refractivity contribution in [1.29, 1.82) is 0 Å². The van der Waals surface area contributed by atoms with E-state index < -0.39 is 11.6 Å². The Morgan fingerprint density at radius 3 is 2.08 bits per heavy atom. The van der Waals surface area contributed by atoms with Gasteiger partial charge in [0, 0.05) is 36.3 Å². The number of imidazole rings is 1. The van der Waals surface area contributed by atoms with Gasteiger partial charge in [0.15, 0.2) is 11.6 Å². The fourth-order valence-corrected chi connectivity index (χ4v) is 4.56. The van der Waals surface area contributed by atoms with Crippen molar-refractivity contribution >= 4 is 0 Å². The minimum atomic E-state index is -0.799. The zero-order chi connectivity index (χ0) is 25.3. The van der Waals surface area contributed by atoms with Gasteiger partial charge < -0.3 is 4.57 Å². The minimum absolute atomic E-state index is 0.345. The monoisotopic (exact) mass is 487 g/mol. The fraction of sp³-hybridized carbons (Fsp3) is 0.323. The van der Waals surface area contributed by atoms with Crippen molar-refractivity contribution < 1.29 is 8.78 Å². The highest BCUT2D eigenvalue weighted by Crippen LogP contribution is 2.31. The van der Waals surface area contributed by atoms with Crippen LogP contribution in [-0.2, 0) is 19.6 Å². The molecular weight excluding hydrogens is 452 g/mol. The van der Waals surface area contributed by atoms with Crippen LogP contribution in [0.4, 0.5) is 8.78 Å². The van der Waals surface area contributed by atoms with Gasteiger partial charge in [-0.15, -0.1) is 0 Å². The molecule has 0 bridgehead atoms. The summed E-state index contributed by atoms with van der Waals surface area (Å²) in [6.45, 7) is 6.93. The number of hydrogen-bond donors (Lipinski definition) is 0. The Labute approximate surface area is 213 Å². The lowest BCUT2D eigenvalue weighted by atomic mass is 10.1. The van der Waals surface area contributed by atoms with E-state index in [1.165, 1.54) is 6.07 Å². The number of hydrogen-bond acceptors (Lipinski definition) is 2. The SMILES string of the molecule is CCCCN(Cc1cccc(F)c1F)Cc1c(-c2ccccc2)nc(-c2ccccc2)n1CCCC. The summed E-state index contributed by atoms with van der Waals surface area (Å²) in [5.41, 5.74) is 4.59. The summed E-state index contributed by atoms with van der Waals surface area (Å²) >= 11 is 0. The maximum absolute atomic E-state index is 14.6. The van der Waals surface area contributed by atoms with Gasteiger partial charge >= 0.3 is 0 Å². The lowest BCUT2D eigenvalue weighted by Gasteiger charge is -2.24. The molecule has 0 aliphatic carbocycles. The molecule has 1 heterocycles. The Hall–Kier alpha value is -3.31. The van der Waals surface area contributed by atoms with E-state index in [2.05, 4.69) is 47.6 Å². The highest BCUT2D eigenvalue weighted by Gasteiger charge is 2.22. The van der Waals surface area contributed by atoms with Gasteiger partial charge in [-0.3, -0.25) is 4.90 Å². The molecular formula is C31H35F2N3. The van der Waals surface area contributed by atoms with Gasteiger partial charge in [0.25, 0.3) is 0 Å². The van der Waals surface area contributed by atoms with Crippen LogP contribution in [0.15, 0.2) is 78.9 Å². The Kier molecular flexibility index (Phi) is 9.01. The van der Waals surface area contributed by atoms with Gasteiger partial charge in [-0.05, 0) is 25.5 Å². The number of rotatable bonds is 12. The number of aromatic nitrogens is 2. The number of halogens is 2. The average molecular weight is 488 g/mol. The number of unbranched alkanes of at least 4 members (excludes halogenated alkanes) is 2. The van der Waals surface area contributed by atoms with Crippen molar-refractivity contribution in [3.63, 3.8) is 0 Å². The molecule has 1 aromatic heterocycles. The van der Waals surface area contributed by atoms with Crippen molar-refractivity contribution in [2.45, 2.75) is 59.2 Å². The van der Waals surface area contributed by atoms with Gasteiger partial charge in [0.05, 0.1) is 11.4 Å². The topological polar surface area (TPSA) is 21.1 Å². The van der Waals surface area contributed by atoms with E-state index in [0.717, 1.165) is 67.1 Å². The smallest absolute Gasteiger partial charge is 0.163 e. The Morgan fingerprint density at radius 2 is 1.42 bits per heavy atom. The molecule has 0 radical (unpaired) electrons. The molecule has 188 valence electrons. The van der Waals surface area contributed by atoms with E-state index in [1.807, 2.05) is 36.4 Å². The molecule has 3 aromatic carbocycles. The zero-order valence-corrected chi connectivity index (χ0v) is 21.3. The van der Waals surface area contributed by atoms with E-state index in [4.69, 9.17) is 4.98 Å². The lowest BCUT2D eigenvalue weighted by molar-refractivity contribution is 0.242. The van der Waals surface area contributed by atoms with Crippen LogP contribution in [0.2, 0.25) is 0 Å². The van der Waals surface area contributed by atoms with E-state index in [1.54, 1.807) is 12.1 Å². The first kappa shape index (κ1) is 25.8. The normalized spacial score (nSPS) is 11.4. The van der Waals surface area contributed by atoms with E-state index in [0.29, 0.717) is 18.7 Å². The molecule has 4 rings (SSSR count). The molecule has 0 N–H and O–H groups in total. The van der Waals surface area contributed by atoms with E-state index in [-0.39, 0.29) is 0 Å². The van der Waals surface area contributed by atoms with Crippen LogP contribution in [0.3, 0.4) is 0 Å². The summed E-state index contributed by atoms with van der Waals surface area (Å²) in [5, 5.41) is 0. The van der Waals surface area contributed by atoms with Crippen LogP contribution in [0.25, 0.3) is 22.6 Å². The summed E-state index contributed by atoms with van der Waals surface area (Å²) in [4.78, 5) is 7.40. The van der Waals surface area contributed by atoms with Gasteiger partial charge in [-0.25, -0.2) is 13.8 Å². The minimum Gasteiger partial charge on any atom is -0.326 e. The van der Waals surface area contributed by atoms with Gasteiger partial charge in [-0.2, -0.15) is 0 Å². The predicted octanol–water partition coefficient (Wildman–Crippen LogP) is 8.10. The third kappa shape index (κ3) is 6.08. The molecule has 0 atom stereocenters. The Bertz CT molecular complexity index is 1240. The third-order valence-corrected chi connectivity index (χ3v) is 6.51. The van der Waals surface area contributed by atoms with Crippen molar-refractivity contribution in [3.05, 3.63) is 102 Å². The molecule has 0 saturated heterocycles. The van der Waals surface area contributed by atoms with E-state index in [9.17, 15) is 8.78 Å². The molecule has 5 heteroatoms. The molecule has 3 nitrogen and oxygen atoms in total. The standard InChI is InChI=1S/C31H35F2N3/c1-3-5-20-35(22-26-18-13-19-27(32)29(26)33)23-28-30(24-14-9-7-10-15-24)34-31(36(28)21-6-4-2)25-16-11-8-12-17-25/h7-19H,3-6,20-23H2,1-2H3. The third-order valence-electron chi connectivity index (χ3n) is 6.51. The molecule has 4 aromatic rings. The van der Waals surface area contributed by atoms with Crippen LogP contribution < -0.4 is 0 Å². The Balaban J connectivity index is 1.81. The largest absolute Gasteiger partial charge is 0.326 e. The van der Waals surface area contributed by atoms with Gasteiger partial charge in [0.2, 0.25) is 0 Å². The molecule has 0 unspecified atom stereocenters. The Morgan fingerprint density at radius 1 is 0.750 bits per heavy atom. The van der Waals surface area contributed by atoms with Crippen LogP contribution in [0.5, 0.6) is 0 Å². The maximum Gasteiger partial charge on any atom is 0.163 e. The average Bonchev–Trinajstić information content (AvgIpc) is 3.27. The summed E-state index contributed by atoms with van der Waals surface area (Å²) in [6.07, 6.45) is 4.11. The first-order valence-corrected chi connectivity index (χ1v) is 13.0. The molecule has 0 amide bonds. The zero-order valence-electron chi connectivity index (χ0n) is 21.3. The summed E-state index contributed by atoms with van der Waals surface area (Å²) in [5.74, 6) is -0.607. The summed E-state index contributed by atoms with van der Waals surface area (Å²) in [7, 11) is 0. The quantitative estimate of drug-likeness (QED) is 0.201. The molecule has 36 heavy (non-hydrogen) atoms.